The molecule has 31 heavy (non-hydrogen) atoms. The topological polar surface area (TPSA) is 64.5 Å². The van der Waals surface area contributed by atoms with E-state index in [9.17, 15) is 5.26 Å². The lowest BCUT2D eigenvalue weighted by molar-refractivity contribution is 1.30. The number of anilines is 2. The van der Waals surface area contributed by atoms with Crippen molar-refractivity contribution in [3.63, 3.8) is 0 Å². The number of nitriles is 1. The highest BCUT2D eigenvalue weighted by molar-refractivity contribution is 6.33. The molecule has 0 saturated carbocycles. The van der Waals surface area contributed by atoms with Crippen LogP contribution in [-0.4, -0.2) is 9.97 Å². The van der Waals surface area contributed by atoms with Gasteiger partial charge in [0.05, 0.1) is 11.3 Å². The molecule has 3 aromatic carbocycles. The first-order chi connectivity index (χ1) is 15.2. The normalized spacial score (nSPS) is 10.7. The number of hydrogen-bond donors (Lipinski definition) is 2. The van der Waals surface area contributed by atoms with Crippen LogP contribution in [0.2, 0.25) is 5.02 Å². The first-order valence-corrected chi connectivity index (χ1v) is 10.2. The van der Waals surface area contributed by atoms with Crippen LogP contribution in [0.15, 0.2) is 91.4 Å². The molecular weight excluding hydrogens is 404 g/mol. The maximum atomic E-state index is 9.78. The largest absolute Gasteiger partial charge is 0.361 e. The molecule has 0 saturated heterocycles. The van der Waals surface area contributed by atoms with Gasteiger partial charge in [-0.3, -0.25) is 4.98 Å². The molecule has 0 aliphatic rings. The van der Waals surface area contributed by atoms with E-state index in [4.69, 9.17) is 11.6 Å². The Kier molecular flexibility index (Phi) is 4.87. The zero-order valence-corrected chi connectivity index (χ0v) is 17.2. The number of benzene rings is 3. The quantitative estimate of drug-likeness (QED) is 0.324. The van der Waals surface area contributed by atoms with Gasteiger partial charge in [0.25, 0.3) is 0 Å². The van der Waals surface area contributed by atoms with Crippen LogP contribution in [0.4, 0.5) is 11.4 Å². The number of fused-ring (bicyclic) bond motifs is 1. The summed E-state index contributed by atoms with van der Waals surface area (Å²) in [5.74, 6) is 0. The lowest BCUT2D eigenvalue weighted by Crippen LogP contribution is -1.99. The van der Waals surface area contributed by atoms with Crippen molar-refractivity contribution in [2.45, 2.75) is 0 Å². The summed E-state index contributed by atoms with van der Waals surface area (Å²) >= 11 is 6.50. The molecule has 0 atom stereocenters. The summed E-state index contributed by atoms with van der Waals surface area (Å²) in [7, 11) is 0. The molecule has 4 nitrogen and oxygen atoms in total. The third kappa shape index (κ3) is 3.52. The maximum absolute atomic E-state index is 9.78. The highest BCUT2D eigenvalue weighted by Crippen LogP contribution is 2.40. The molecular formula is C26H17ClN4. The van der Waals surface area contributed by atoms with Crippen molar-refractivity contribution >= 4 is 33.9 Å². The number of nitrogens with one attached hydrogen (secondary N) is 2. The zero-order valence-electron chi connectivity index (χ0n) is 16.4. The third-order valence-corrected chi connectivity index (χ3v) is 5.60. The van der Waals surface area contributed by atoms with Gasteiger partial charge in [0, 0.05) is 51.3 Å². The molecule has 2 N–H and O–H groups in total. The molecule has 0 unspecified atom stereocenters. The van der Waals surface area contributed by atoms with Crippen molar-refractivity contribution in [3.8, 4) is 28.3 Å². The monoisotopic (exact) mass is 420 g/mol. The van der Waals surface area contributed by atoms with Crippen LogP contribution in [0.3, 0.4) is 0 Å². The van der Waals surface area contributed by atoms with E-state index < -0.39 is 0 Å². The van der Waals surface area contributed by atoms with E-state index in [1.54, 1.807) is 12.4 Å². The summed E-state index contributed by atoms with van der Waals surface area (Å²) < 4.78 is 0. The lowest BCUT2D eigenvalue weighted by atomic mass is 9.93. The van der Waals surface area contributed by atoms with Gasteiger partial charge in [0.1, 0.15) is 6.07 Å². The summed E-state index contributed by atoms with van der Waals surface area (Å²) in [6, 6.07) is 26.1. The van der Waals surface area contributed by atoms with E-state index in [-0.39, 0.29) is 0 Å². The van der Waals surface area contributed by atoms with Crippen molar-refractivity contribution < 1.29 is 0 Å². The summed E-state index contributed by atoms with van der Waals surface area (Å²) in [4.78, 5) is 7.53. The molecule has 5 rings (SSSR count). The Balaban J connectivity index is 1.68. The van der Waals surface area contributed by atoms with Crippen molar-refractivity contribution in [2.24, 2.45) is 0 Å². The van der Waals surface area contributed by atoms with Crippen LogP contribution in [0.25, 0.3) is 33.2 Å². The van der Waals surface area contributed by atoms with E-state index in [0.29, 0.717) is 16.3 Å². The van der Waals surface area contributed by atoms with E-state index in [0.717, 1.165) is 38.8 Å². The fraction of sp³-hybridized carbons (Fsp3) is 0. The van der Waals surface area contributed by atoms with Gasteiger partial charge in [-0.1, -0.05) is 54.1 Å². The first-order valence-electron chi connectivity index (χ1n) is 9.81. The number of aromatic nitrogens is 2. The smallest absolute Gasteiger partial charge is 0.103 e. The average molecular weight is 421 g/mol. The van der Waals surface area contributed by atoms with Gasteiger partial charge >= 0.3 is 0 Å². The van der Waals surface area contributed by atoms with Gasteiger partial charge < -0.3 is 10.3 Å². The van der Waals surface area contributed by atoms with Crippen LogP contribution in [0, 0.1) is 11.3 Å². The molecule has 0 amide bonds. The Bertz CT molecular complexity index is 1450. The van der Waals surface area contributed by atoms with Crippen molar-refractivity contribution in [1.29, 1.82) is 5.26 Å². The number of halogens is 1. The minimum atomic E-state index is 0.473. The molecule has 2 aromatic heterocycles. The number of hydrogen-bond acceptors (Lipinski definition) is 3. The van der Waals surface area contributed by atoms with Gasteiger partial charge in [0.2, 0.25) is 0 Å². The Morgan fingerprint density at radius 3 is 2.35 bits per heavy atom. The molecule has 5 aromatic rings. The van der Waals surface area contributed by atoms with Crippen molar-refractivity contribution in [3.05, 3.63) is 102 Å². The van der Waals surface area contributed by atoms with Gasteiger partial charge in [-0.15, -0.1) is 0 Å². The van der Waals surface area contributed by atoms with E-state index >= 15 is 0 Å². The Morgan fingerprint density at radius 1 is 0.839 bits per heavy atom. The predicted octanol–water partition coefficient (Wildman–Crippen LogP) is 7.17. The average Bonchev–Trinajstić information content (AvgIpc) is 3.28. The van der Waals surface area contributed by atoms with Crippen LogP contribution < -0.4 is 5.32 Å². The molecule has 0 fully saturated rings. The molecule has 0 aliphatic heterocycles. The Hall–Kier alpha value is -4.07. The molecule has 0 radical (unpaired) electrons. The second-order valence-electron chi connectivity index (χ2n) is 7.15. The molecule has 0 aliphatic carbocycles. The van der Waals surface area contributed by atoms with E-state index in [1.165, 1.54) is 0 Å². The standard InChI is InChI=1S/C26H17ClN4/c27-24-8-4-3-7-22(24)20-5-1-2-6-21(20)23-16-29-15-18(14-28)26(23)31-19-9-10-25-17(13-19)11-12-30-25/h1-13,15-16,30H,(H,29,31). The molecule has 5 heteroatoms. The maximum Gasteiger partial charge on any atom is 0.103 e. The molecule has 0 bridgehead atoms. The molecule has 148 valence electrons. The predicted molar refractivity (Wildman–Crippen MR) is 126 cm³/mol. The van der Waals surface area contributed by atoms with Gasteiger partial charge in [-0.05, 0) is 41.5 Å². The number of pyridine rings is 1. The second-order valence-corrected chi connectivity index (χ2v) is 7.56. The first kappa shape index (κ1) is 18.9. The van der Waals surface area contributed by atoms with Crippen molar-refractivity contribution in [2.75, 3.05) is 5.32 Å². The third-order valence-electron chi connectivity index (χ3n) is 5.27. The van der Waals surface area contributed by atoms with Gasteiger partial charge in [0.15, 0.2) is 0 Å². The van der Waals surface area contributed by atoms with Crippen LogP contribution in [0.5, 0.6) is 0 Å². The van der Waals surface area contributed by atoms with Gasteiger partial charge in [-0.2, -0.15) is 5.26 Å². The minimum Gasteiger partial charge on any atom is -0.361 e. The number of aromatic amines is 1. The highest BCUT2D eigenvalue weighted by Gasteiger charge is 2.16. The Morgan fingerprint density at radius 2 is 1.58 bits per heavy atom. The van der Waals surface area contributed by atoms with Crippen LogP contribution in [-0.2, 0) is 0 Å². The SMILES string of the molecule is N#Cc1cncc(-c2ccccc2-c2ccccc2Cl)c1Nc1ccc2[nH]ccc2c1. The summed E-state index contributed by atoms with van der Waals surface area (Å²) in [6.07, 6.45) is 5.28. The number of rotatable bonds is 4. The second kappa shape index (κ2) is 7.98. The Labute approximate surface area is 184 Å². The lowest BCUT2D eigenvalue weighted by Gasteiger charge is -2.17. The molecule has 0 spiro atoms. The highest BCUT2D eigenvalue weighted by atomic mass is 35.5. The fourth-order valence-electron chi connectivity index (χ4n) is 3.79. The minimum absolute atomic E-state index is 0.473. The molecule has 2 heterocycles. The van der Waals surface area contributed by atoms with E-state index in [2.05, 4.69) is 27.4 Å². The summed E-state index contributed by atoms with van der Waals surface area (Å²) in [6.45, 7) is 0. The van der Waals surface area contributed by atoms with Crippen LogP contribution in [0.1, 0.15) is 5.56 Å². The van der Waals surface area contributed by atoms with Crippen LogP contribution >= 0.6 is 11.6 Å². The summed E-state index contributed by atoms with van der Waals surface area (Å²) in [5.41, 5.74) is 6.84. The summed E-state index contributed by atoms with van der Waals surface area (Å²) in [5, 5.41) is 15.0. The number of H-pyrrole nitrogens is 1. The van der Waals surface area contributed by atoms with Gasteiger partial charge in [-0.25, -0.2) is 0 Å². The van der Waals surface area contributed by atoms with E-state index in [1.807, 2.05) is 72.9 Å². The van der Waals surface area contributed by atoms with Crippen molar-refractivity contribution in [1.82, 2.24) is 9.97 Å². The zero-order chi connectivity index (χ0) is 21.2. The number of nitrogens with zero attached hydrogens (tertiary/aromatic N) is 2. The fourth-order valence-corrected chi connectivity index (χ4v) is 4.03.